The second kappa shape index (κ2) is 6.75. The van der Waals surface area contributed by atoms with E-state index in [1.165, 1.54) is 11.6 Å². The predicted octanol–water partition coefficient (Wildman–Crippen LogP) is 3.90. The summed E-state index contributed by atoms with van der Waals surface area (Å²) in [5.74, 6) is 0.0655. The molecule has 0 aliphatic heterocycles. The highest BCUT2D eigenvalue weighted by Crippen LogP contribution is 2.26. The molecule has 4 heteroatoms. The summed E-state index contributed by atoms with van der Waals surface area (Å²) in [5, 5.41) is 1.33. The molecule has 0 amide bonds. The Morgan fingerprint density at radius 2 is 1.71 bits per heavy atom. The van der Waals surface area contributed by atoms with Gasteiger partial charge in [0.15, 0.2) is 0 Å². The molecule has 2 rings (SSSR count). The molecule has 2 unspecified atom stereocenters. The SMILES string of the molecule is CC1CCCCC1OOC(=O)c1ccc([Si](C)(C)C)cc1. The molecule has 1 aliphatic rings. The fourth-order valence-electron chi connectivity index (χ4n) is 2.69. The van der Waals surface area contributed by atoms with Crippen molar-refractivity contribution in [1.82, 2.24) is 0 Å². The second-order valence-electron chi connectivity index (χ2n) is 7.09. The molecule has 3 nitrogen and oxygen atoms in total. The van der Waals surface area contributed by atoms with E-state index in [0.29, 0.717) is 11.5 Å². The van der Waals surface area contributed by atoms with Crippen LogP contribution in [-0.2, 0) is 9.78 Å². The van der Waals surface area contributed by atoms with Crippen molar-refractivity contribution in [2.24, 2.45) is 5.92 Å². The standard InChI is InChI=1S/C17H26O3Si/c1-13-7-5-6-8-16(13)19-20-17(18)14-9-11-15(12-10-14)21(2,3)4/h9-13,16H,5-8H2,1-4H3. The molecular weight excluding hydrogens is 280 g/mol. The summed E-state index contributed by atoms with van der Waals surface area (Å²) in [5.41, 5.74) is 0.556. The van der Waals surface area contributed by atoms with Crippen LogP contribution in [0.2, 0.25) is 19.6 Å². The van der Waals surface area contributed by atoms with E-state index in [1.807, 2.05) is 24.3 Å². The molecule has 1 aromatic rings. The quantitative estimate of drug-likeness (QED) is 0.481. The van der Waals surface area contributed by atoms with Crippen molar-refractivity contribution in [3.8, 4) is 0 Å². The highest BCUT2D eigenvalue weighted by molar-refractivity contribution is 6.88. The van der Waals surface area contributed by atoms with Crippen molar-refractivity contribution in [3.63, 3.8) is 0 Å². The summed E-state index contributed by atoms with van der Waals surface area (Å²) >= 11 is 0. The van der Waals surface area contributed by atoms with Crippen LogP contribution in [0.1, 0.15) is 43.0 Å². The summed E-state index contributed by atoms with van der Waals surface area (Å²) in [6, 6.07) is 7.74. The van der Waals surface area contributed by atoms with Crippen LogP contribution in [0, 0.1) is 5.92 Å². The number of rotatable bonds is 4. The fourth-order valence-corrected chi connectivity index (χ4v) is 3.85. The zero-order valence-corrected chi connectivity index (χ0v) is 14.5. The maximum Gasteiger partial charge on any atom is 0.373 e. The van der Waals surface area contributed by atoms with E-state index in [9.17, 15) is 4.79 Å². The smallest absolute Gasteiger partial charge is 0.293 e. The number of benzene rings is 1. The molecular formula is C17H26O3Si. The van der Waals surface area contributed by atoms with Crippen molar-refractivity contribution in [3.05, 3.63) is 29.8 Å². The van der Waals surface area contributed by atoms with Gasteiger partial charge < -0.3 is 0 Å². The lowest BCUT2D eigenvalue weighted by atomic mass is 9.88. The van der Waals surface area contributed by atoms with E-state index in [0.717, 1.165) is 19.3 Å². The van der Waals surface area contributed by atoms with Gasteiger partial charge in [-0.2, -0.15) is 4.89 Å². The fraction of sp³-hybridized carbons (Fsp3) is 0.588. The van der Waals surface area contributed by atoms with Crippen molar-refractivity contribution in [2.75, 3.05) is 0 Å². The Bertz CT molecular complexity index is 476. The van der Waals surface area contributed by atoms with E-state index in [1.54, 1.807) is 0 Å². The van der Waals surface area contributed by atoms with Crippen LogP contribution in [0.3, 0.4) is 0 Å². The monoisotopic (exact) mass is 306 g/mol. The molecule has 0 heterocycles. The first-order valence-corrected chi connectivity index (χ1v) is 11.4. The van der Waals surface area contributed by atoms with Gasteiger partial charge in [-0.05, 0) is 30.9 Å². The third kappa shape index (κ3) is 4.42. The highest BCUT2D eigenvalue weighted by atomic mass is 28.3. The van der Waals surface area contributed by atoms with Gasteiger partial charge in [-0.25, -0.2) is 4.79 Å². The van der Waals surface area contributed by atoms with E-state index in [2.05, 4.69) is 26.6 Å². The summed E-state index contributed by atoms with van der Waals surface area (Å²) in [6.07, 6.45) is 4.56. The molecule has 1 fully saturated rings. The Balaban J connectivity index is 1.91. The zero-order valence-electron chi connectivity index (χ0n) is 13.5. The maximum atomic E-state index is 12.0. The molecule has 0 bridgehead atoms. The lowest BCUT2D eigenvalue weighted by Crippen LogP contribution is -2.37. The van der Waals surface area contributed by atoms with Gasteiger partial charge in [0.25, 0.3) is 0 Å². The zero-order chi connectivity index (χ0) is 15.5. The lowest BCUT2D eigenvalue weighted by molar-refractivity contribution is -0.289. The van der Waals surface area contributed by atoms with E-state index in [-0.39, 0.29) is 6.10 Å². The Labute approximate surface area is 128 Å². The first-order chi connectivity index (χ1) is 9.88. The molecule has 2 atom stereocenters. The van der Waals surface area contributed by atoms with Crippen LogP contribution in [0.25, 0.3) is 0 Å². The summed E-state index contributed by atoms with van der Waals surface area (Å²) in [6.45, 7) is 9.01. The third-order valence-electron chi connectivity index (χ3n) is 4.27. The molecule has 21 heavy (non-hydrogen) atoms. The molecule has 0 radical (unpaired) electrons. The van der Waals surface area contributed by atoms with E-state index < -0.39 is 14.0 Å². The number of carbonyl (C=O) groups excluding carboxylic acids is 1. The highest BCUT2D eigenvalue weighted by Gasteiger charge is 2.24. The van der Waals surface area contributed by atoms with Gasteiger partial charge in [-0.3, -0.25) is 4.89 Å². The van der Waals surface area contributed by atoms with Crippen molar-refractivity contribution in [1.29, 1.82) is 0 Å². The molecule has 0 aromatic heterocycles. The first kappa shape index (κ1) is 16.2. The number of hydrogen-bond donors (Lipinski definition) is 0. The van der Waals surface area contributed by atoms with E-state index >= 15 is 0 Å². The van der Waals surface area contributed by atoms with Crippen LogP contribution in [0.15, 0.2) is 24.3 Å². The molecule has 1 saturated carbocycles. The third-order valence-corrected chi connectivity index (χ3v) is 6.33. The predicted molar refractivity (Wildman–Crippen MR) is 87.3 cm³/mol. The minimum atomic E-state index is -1.33. The average Bonchev–Trinajstić information content (AvgIpc) is 2.45. The van der Waals surface area contributed by atoms with Gasteiger partial charge in [-0.1, -0.05) is 56.7 Å². The molecule has 116 valence electrons. The van der Waals surface area contributed by atoms with Gasteiger partial charge in [-0.15, -0.1) is 0 Å². The van der Waals surface area contributed by atoms with Gasteiger partial charge in [0.2, 0.25) is 0 Å². The summed E-state index contributed by atoms with van der Waals surface area (Å²) in [7, 11) is -1.33. The number of hydrogen-bond acceptors (Lipinski definition) is 3. The normalized spacial score (nSPS) is 22.9. The molecule has 0 spiro atoms. The molecule has 1 aliphatic carbocycles. The van der Waals surface area contributed by atoms with E-state index in [4.69, 9.17) is 9.78 Å². The Hall–Kier alpha value is -1.13. The number of carbonyl (C=O) groups is 1. The Morgan fingerprint density at radius 1 is 1.10 bits per heavy atom. The minimum absolute atomic E-state index is 0.0453. The topological polar surface area (TPSA) is 35.5 Å². The Kier molecular flexibility index (Phi) is 5.22. The average molecular weight is 306 g/mol. The van der Waals surface area contributed by atoms with Gasteiger partial charge >= 0.3 is 5.97 Å². The largest absolute Gasteiger partial charge is 0.373 e. The van der Waals surface area contributed by atoms with Crippen LogP contribution in [-0.4, -0.2) is 20.1 Å². The van der Waals surface area contributed by atoms with Gasteiger partial charge in [0.05, 0.1) is 13.6 Å². The van der Waals surface area contributed by atoms with Crippen molar-refractivity contribution >= 4 is 19.2 Å². The molecule has 1 aromatic carbocycles. The van der Waals surface area contributed by atoms with Gasteiger partial charge in [0.1, 0.15) is 6.10 Å². The molecule has 0 N–H and O–H groups in total. The van der Waals surface area contributed by atoms with Crippen LogP contribution < -0.4 is 5.19 Å². The van der Waals surface area contributed by atoms with Crippen LogP contribution >= 0.6 is 0 Å². The molecule has 0 saturated heterocycles. The second-order valence-corrected chi connectivity index (χ2v) is 12.2. The summed E-state index contributed by atoms with van der Waals surface area (Å²) < 4.78 is 0. The van der Waals surface area contributed by atoms with Crippen molar-refractivity contribution < 1.29 is 14.6 Å². The lowest BCUT2D eigenvalue weighted by Gasteiger charge is -2.26. The Morgan fingerprint density at radius 3 is 2.29 bits per heavy atom. The maximum absolute atomic E-state index is 12.0. The van der Waals surface area contributed by atoms with Crippen LogP contribution in [0.5, 0.6) is 0 Å². The minimum Gasteiger partial charge on any atom is -0.293 e. The van der Waals surface area contributed by atoms with Crippen LogP contribution in [0.4, 0.5) is 0 Å². The van der Waals surface area contributed by atoms with Gasteiger partial charge in [0, 0.05) is 0 Å². The van der Waals surface area contributed by atoms with Crippen molar-refractivity contribution in [2.45, 2.75) is 58.4 Å². The summed E-state index contributed by atoms with van der Waals surface area (Å²) in [4.78, 5) is 22.4. The first-order valence-electron chi connectivity index (χ1n) is 7.86.